The topological polar surface area (TPSA) is 75.4 Å². The number of nitrogens with zero attached hydrogens (tertiary/aromatic N) is 1. The van der Waals surface area contributed by atoms with E-state index in [1.165, 1.54) is 0 Å². The van der Waals surface area contributed by atoms with Gasteiger partial charge in [0.05, 0.1) is 17.1 Å². The molecule has 1 aromatic rings. The van der Waals surface area contributed by atoms with Crippen LogP contribution in [0.4, 0.5) is 20.2 Å². The van der Waals surface area contributed by atoms with Gasteiger partial charge >= 0.3 is 0 Å². The van der Waals surface area contributed by atoms with Crippen LogP contribution in [0.3, 0.4) is 0 Å². The van der Waals surface area contributed by atoms with Crippen LogP contribution in [-0.4, -0.2) is 23.2 Å². The number of anilines is 1. The van der Waals surface area contributed by atoms with E-state index in [0.717, 1.165) is 0 Å². The standard InChI is InChI=1S/C10H12F2N2O3/c1-6(5-15)4-13-10-8(11)2-7(14(16)17)3-9(10)12/h2-3,6,13,15H,4-5H2,1H3. The number of nitrogens with one attached hydrogen (secondary N) is 1. The Kier molecular flexibility index (Phi) is 4.33. The highest BCUT2D eigenvalue weighted by Gasteiger charge is 2.17. The number of nitro groups is 1. The number of non-ortho nitro benzene ring substituents is 1. The monoisotopic (exact) mass is 246 g/mol. The van der Waals surface area contributed by atoms with E-state index in [2.05, 4.69) is 5.32 Å². The number of aliphatic hydroxyl groups is 1. The fraction of sp³-hybridized carbons (Fsp3) is 0.400. The van der Waals surface area contributed by atoms with Gasteiger partial charge in [0.15, 0.2) is 11.6 Å². The molecule has 0 aliphatic carbocycles. The van der Waals surface area contributed by atoms with Crippen molar-refractivity contribution in [2.45, 2.75) is 6.92 Å². The molecule has 1 unspecified atom stereocenters. The SMILES string of the molecule is CC(CO)CNc1c(F)cc([N+](=O)[O-])cc1F. The Labute approximate surface area is 96.2 Å². The van der Waals surface area contributed by atoms with Crippen molar-refractivity contribution in [3.05, 3.63) is 33.9 Å². The predicted molar refractivity (Wildman–Crippen MR) is 57.8 cm³/mol. The van der Waals surface area contributed by atoms with Crippen LogP contribution in [0.25, 0.3) is 0 Å². The van der Waals surface area contributed by atoms with Crippen molar-refractivity contribution in [1.82, 2.24) is 0 Å². The van der Waals surface area contributed by atoms with Gasteiger partial charge in [-0.15, -0.1) is 0 Å². The third-order valence-electron chi connectivity index (χ3n) is 2.18. The average molecular weight is 246 g/mol. The lowest BCUT2D eigenvalue weighted by Gasteiger charge is -2.12. The summed E-state index contributed by atoms with van der Waals surface area (Å²) in [5.74, 6) is -2.23. The molecule has 0 fully saturated rings. The summed E-state index contributed by atoms with van der Waals surface area (Å²) in [6.45, 7) is 1.74. The lowest BCUT2D eigenvalue weighted by molar-refractivity contribution is -0.385. The molecule has 0 saturated heterocycles. The number of hydrogen-bond acceptors (Lipinski definition) is 4. The van der Waals surface area contributed by atoms with Crippen molar-refractivity contribution in [2.75, 3.05) is 18.5 Å². The van der Waals surface area contributed by atoms with E-state index in [4.69, 9.17) is 5.11 Å². The lowest BCUT2D eigenvalue weighted by Crippen LogP contribution is -2.16. The van der Waals surface area contributed by atoms with Crippen molar-refractivity contribution in [3.8, 4) is 0 Å². The lowest BCUT2D eigenvalue weighted by atomic mass is 10.2. The van der Waals surface area contributed by atoms with Crippen molar-refractivity contribution in [2.24, 2.45) is 5.92 Å². The van der Waals surface area contributed by atoms with Gasteiger partial charge in [0.1, 0.15) is 5.69 Å². The molecule has 0 aromatic heterocycles. The number of hydrogen-bond donors (Lipinski definition) is 2. The highest BCUT2D eigenvalue weighted by atomic mass is 19.1. The van der Waals surface area contributed by atoms with E-state index in [0.29, 0.717) is 12.1 Å². The normalized spacial score (nSPS) is 12.2. The zero-order chi connectivity index (χ0) is 13.0. The van der Waals surface area contributed by atoms with Crippen molar-refractivity contribution in [1.29, 1.82) is 0 Å². The molecule has 5 nitrogen and oxygen atoms in total. The van der Waals surface area contributed by atoms with E-state index < -0.39 is 27.9 Å². The first-order valence-corrected chi connectivity index (χ1v) is 4.94. The van der Waals surface area contributed by atoms with Crippen molar-refractivity contribution in [3.63, 3.8) is 0 Å². The second-order valence-electron chi connectivity index (χ2n) is 3.71. The van der Waals surface area contributed by atoms with E-state index >= 15 is 0 Å². The maximum absolute atomic E-state index is 13.4. The molecule has 0 heterocycles. The van der Waals surface area contributed by atoms with Gasteiger partial charge in [0.25, 0.3) is 5.69 Å². The first kappa shape index (κ1) is 13.3. The fourth-order valence-electron chi connectivity index (χ4n) is 1.17. The largest absolute Gasteiger partial charge is 0.396 e. The third kappa shape index (κ3) is 3.35. The molecule has 2 N–H and O–H groups in total. The van der Waals surface area contributed by atoms with Crippen LogP contribution in [0, 0.1) is 27.7 Å². The summed E-state index contributed by atoms with van der Waals surface area (Å²) in [5.41, 5.74) is -1.06. The molecule has 0 saturated carbocycles. The number of benzene rings is 1. The summed E-state index contributed by atoms with van der Waals surface area (Å²) in [7, 11) is 0. The maximum Gasteiger partial charge on any atom is 0.275 e. The number of nitro benzene ring substituents is 1. The summed E-state index contributed by atoms with van der Waals surface area (Å²) >= 11 is 0. The molecule has 7 heteroatoms. The Morgan fingerprint density at radius 3 is 2.41 bits per heavy atom. The van der Waals surface area contributed by atoms with E-state index in [1.807, 2.05) is 0 Å². The Bertz CT molecular complexity index is 403. The van der Waals surface area contributed by atoms with Crippen LogP contribution >= 0.6 is 0 Å². The third-order valence-corrected chi connectivity index (χ3v) is 2.18. The predicted octanol–water partition coefficient (Wildman–Crippen LogP) is 1.91. The van der Waals surface area contributed by atoms with E-state index in [9.17, 15) is 18.9 Å². The summed E-state index contributed by atoms with van der Waals surface area (Å²) in [5, 5.41) is 21.6. The van der Waals surface area contributed by atoms with Gasteiger partial charge in [0.2, 0.25) is 0 Å². The maximum atomic E-state index is 13.4. The Morgan fingerprint density at radius 1 is 1.47 bits per heavy atom. The first-order valence-electron chi connectivity index (χ1n) is 4.94. The highest BCUT2D eigenvalue weighted by Crippen LogP contribution is 2.24. The van der Waals surface area contributed by atoms with Crippen LogP contribution in [0.15, 0.2) is 12.1 Å². The second kappa shape index (κ2) is 5.53. The zero-order valence-electron chi connectivity index (χ0n) is 9.11. The summed E-state index contributed by atoms with van der Waals surface area (Å²) in [4.78, 5) is 9.48. The molecule has 1 atom stereocenters. The van der Waals surface area contributed by atoms with Crippen molar-refractivity contribution < 1.29 is 18.8 Å². The average Bonchev–Trinajstić information content (AvgIpc) is 2.27. The Hall–Kier alpha value is -1.76. The molecule has 94 valence electrons. The van der Waals surface area contributed by atoms with Gasteiger partial charge < -0.3 is 10.4 Å². The summed E-state index contributed by atoms with van der Waals surface area (Å²) in [6, 6.07) is 1.30. The second-order valence-corrected chi connectivity index (χ2v) is 3.71. The molecule has 1 aromatic carbocycles. The summed E-state index contributed by atoms with van der Waals surface area (Å²) < 4.78 is 26.7. The van der Waals surface area contributed by atoms with Gasteiger partial charge in [-0.25, -0.2) is 8.78 Å². The van der Waals surface area contributed by atoms with Crippen LogP contribution in [0.2, 0.25) is 0 Å². The molecule has 0 spiro atoms. The zero-order valence-corrected chi connectivity index (χ0v) is 9.11. The molecule has 0 amide bonds. The Balaban J connectivity index is 2.90. The van der Waals surface area contributed by atoms with Crippen LogP contribution in [0.5, 0.6) is 0 Å². The molecule has 0 radical (unpaired) electrons. The minimum Gasteiger partial charge on any atom is -0.396 e. The van der Waals surface area contributed by atoms with Gasteiger partial charge in [-0.05, 0) is 5.92 Å². The smallest absolute Gasteiger partial charge is 0.275 e. The van der Waals surface area contributed by atoms with Crippen molar-refractivity contribution >= 4 is 11.4 Å². The summed E-state index contributed by atoms with van der Waals surface area (Å²) in [6.07, 6.45) is 0. The van der Waals surface area contributed by atoms with Gasteiger partial charge in [-0.3, -0.25) is 10.1 Å². The Morgan fingerprint density at radius 2 is 2.00 bits per heavy atom. The number of rotatable bonds is 5. The highest BCUT2D eigenvalue weighted by molar-refractivity contribution is 5.51. The molecular formula is C10H12F2N2O3. The van der Waals surface area contributed by atoms with Crippen LogP contribution in [-0.2, 0) is 0 Å². The molecular weight excluding hydrogens is 234 g/mol. The van der Waals surface area contributed by atoms with Gasteiger partial charge in [-0.2, -0.15) is 0 Å². The molecule has 0 aliphatic rings. The van der Waals surface area contributed by atoms with Crippen LogP contribution in [0.1, 0.15) is 6.92 Å². The fourth-order valence-corrected chi connectivity index (χ4v) is 1.17. The molecule has 1 rings (SSSR count). The van der Waals surface area contributed by atoms with E-state index in [1.54, 1.807) is 6.92 Å². The van der Waals surface area contributed by atoms with Gasteiger partial charge in [0, 0.05) is 13.2 Å². The number of aliphatic hydroxyl groups excluding tert-OH is 1. The quantitative estimate of drug-likeness (QED) is 0.614. The first-order chi connectivity index (χ1) is 7.95. The minimum absolute atomic E-state index is 0.122. The minimum atomic E-state index is -1.03. The molecule has 17 heavy (non-hydrogen) atoms. The van der Waals surface area contributed by atoms with E-state index in [-0.39, 0.29) is 19.1 Å². The van der Waals surface area contributed by atoms with Gasteiger partial charge in [-0.1, -0.05) is 6.92 Å². The molecule has 0 aliphatic heterocycles. The number of halogens is 2. The van der Waals surface area contributed by atoms with Crippen LogP contribution < -0.4 is 5.32 Å². The molecule has 0 bridgehead atoms.